The zero-order valence-electron chi connectivity index (χ0n) is 22.0. The molecule has 2 bridgehead atoms. The predicted molar refractivity (Wildman–Crippen MR) is 153 cm³/mol. The number of alkyl halides is 3. The van der Waals surface area contributed by atoms with E-state index in [1.54, 1.807) is 24.3 Å². The molecule has 0 radical (unpaired) electrons. The van der Waals surface area contributed by atoms with Crippen LogP contribution in [0, 0.1) is 0 Å². The number of hydrogen-bond acceptors (Lipinski definition) is 4. The molecule has 3 atom stereocenters. The number of benzene rings is 3. The average molecular weight is 605 g/mol. The molecule has 0 saturated carbocycles. The molecule has 11 heteroatoms. The molecule has 5 rings (SSSR count). The minimum Gasteiger partial charge on any atom is -0.355 e. The van der Waals surface area contributed by atoms with E-state index in [1.165, 1.54) is 12.1 Å². The lowest BCUT2D eigenvalue weighted by atomic mass is 9.96. The fourth-order valence-corrected chi connectivity index (χ4v) is 6.07. The molecule has 2 saturated heterocycles. The van der Waals surface area contributed by atoms with Gasteiger partial charge in [0.1, 0.15) is 0 Å². The Kier molecular flexibility index (Phi) is 8.77. The van der Waals surface area contributed by atoms with Gasteiger partial charge in [-0.2, -0.15) is 13.2 Å². The molecule has 3 aromatic carbocycles. The average Bonchev–Trinajstić information content (AvgIpc) is 3.16. The van der Waals surface area contributed by atoms with Gasteiger partial charge in [-0.25, -0.2) is 0 Å². The summed E-state index contributed by atoms with van der Waals surface area (Å²) >= 11 is 12.2. The van der Waals surface area contributed by atoms with Crippen LogP contribution in [-0.4, -0.2) is 41.4 Å². The van der Waals surface area contributed by atoms with Crippen LogP contribution in [0.2, 0.25) is 10.0 Å². The monoisotopic (exact) mass is 604 g/mol. The first-order valence-electron chi connectivity index (χ1n) is 13.4. The van der Waals surface area contributed by atoms with Crippen LogP contribution in [0.1, 0.15) is 47.2 Å². The number of nitrogens with zero attached hydrogens (tertiary/aromatic N) is 1. The van der Waals surface area contributed by atoms with Crippen molar-refractivity contribution in [2.75, 3.05) is 11.9 Å². The molecular formula is C30H29Cl2F3N4O2. The quantitative estimate of drug-likeness (QED) is 0.264. The Balaban J connectivity index is 1.14. The maximum absolute atomic E-state index is 13.1. The van der Waals surface area contributed by atoms with E-state index in [1.807, 2.05) is 18.2 Å². The number of anilines is 2. The maximum Gasteiger partial charge on any atom is 0.416 e. The van der Waals surface area contributed by atoms with Crippen LogP contribution >= 0.6 is 23.2 Å². The van der Waals surface area contributed by atoms with Crippen molar-refractivity contribution in [2.45, 2.75) is 56.5 Å². The highest BCUT2D eigenvalue weighted by Crippen LogP contribution is 2.37. The van der Waals surface area contributed by atoms with E-state index in [-0.39, 0.29) is 29.7 Å². The van der Waals surface area contributed by atoms with Gasteiger partial charge in [0.15, 0.2) is 0 Å². The Labute approximate surface area is 246 Å². The standard InChI is InChI=1S/C30H29Cl2F3N4O2/c31-25-11-8-18(12-26(25)32)17-39-22-9-10-23(39)15-21(14-22)38-28(40)16-36-29(41)24-6-1-2-7-27(24)37-20-5-3-4-19(13-20)30(33,34)35/h1-8,11-13,21-23,37H,9-10,14-17H2,(H,36,41)(H,38,40)/t21-,22+,23-. The molecule has 3 aromatic rings. The van der Waals surface area contributed by atoms with Crippen LogP contribution in [0.15, 0.2) is 66.7 Å². The predicted octanol–water partition coefficient (Wildman–Crippen LogP) is 6.80. The van der Waals surface area contributed by atoms with Crippen LogP contribution in [0.5, 0.6) is 0 Å². The highest BCUT2D eigenvalue weighted by Gasteiger charge is 2.41. The number of halogens is 5. The highest BCUT2D eigenvalue weighted by atomic mass is 35.5. The van der Waals surface area contributed by atoms with Crippen molar-refractivity contribution in [3.63, 3.8) is 0 Å². The van der Waals surface area contributed by atoms with Gasteiger partial charge in [0.2, 0.25) is 5.91 Å². The molecular weight excluding hydrogens is 576 g/mol. The summed E-state index contributed by atoms with van der Waals surface area (Å²) < 4.78 is 39.3. The third kappa shape index (κ3) is 7.15. The molecule has 0 aromatic heterocycles. The van der Waals surface area contributed by atoms with E-state index in [0.29, 0.717) is 27.8 Å². The van der Waals surface area contributed by atoms with Crippen LogP contribution in [0.4, 0.5) is 24.5 Å². The third-order valence-electron chi connectivity index (χ3n) is 7.65. The molecule has 2 aliphatic rings. The van der Waals surface area contributed by atoms with Crippen molar-refractivity contribution in [3.8, 4) is 0 Å². The number of rotatable bonds is 8. The minimum atomic E-state index is -4.48. The third-order valence-corrected chi connectivity index (χ3v) is 8.39. The van der Waals surface area contributed by atoms with Gasteiger partial charge in [0.05, 0.1) is 33.4 Å². The first-order chi connectivity index (χ1) is 19.6. The number of nitrogens with one attached hydrogen (secondary N) is 3. The molecule has 3 N–H and O–H groups in total. The van der Waals surface area contributed by atoms with Gasteiger partial charge < -0.3 is 16.0 Å². The second-order valence-electron chi connectivity index (χ2n) is 10.5. The van der Waals surface area contributed by atoms with Crippen molar-refractivity contribution < 1.29 is 22.8 Å². The van der Waals surface area contributed by atoms with Gasteiger partial charge in [-0.1, -0.05) is 47.5 Å². The van der Waals surface area contributed by atoms with E-state index in [4.69, 9.17) is 23.2 Å². The summed E-state index contributed by atoms with van der Waals surface area (Å²) in [6, 6.07) is 17.6. The lowest BCUT2D eigenvalue weighted by molar-refractivity contribution is -0.137. The molecule has 2 heterocycles. The smallest absolute Gasteiger partial charge is 0.355 e. The lowest BCUT2D eigenvalue weighted by Gasteiger charge is -2.39. The van der Waals surface area contributed by atoms with Crippen molar-refractivity contribution in [3.05, 3.63) is 93.5 Å². The second kappa shape index (κ2) is 12.3. The topological polar surface area (TPSA) is 73.5 Å². The number of piperidine rings is 1. The van der Waals surface area contributed by atoms with Gasteiger partial charge in [-0.05, 0) is 73.7 Å². The van der Waals surface area contributed by atoms with Crippen molar-refractivity contribution >= 4 is 46.4 Å². The molecule has 6 nitrogen and oxygen atoms in total. The summed E-state index contributed by atoms with van der Waals surface area (Å²) in [6.07, 6.45) is -0.721. The summed E-state index contributed by atoms with van der Waals surface area (Å²) in [5.74, 6) is -0.796. The largest absolute Gasteiger partial charge is 0.416 e. The first kappa shape index (κ1) is 29.2. The Morgan fingerprint density at radius 2 is 1.63 bits per heavy atom. The molecule has 2 aliphatic heterocycles. The van der Waals surface area contributed by atoms with Gasteiger partial charge in [0, 0.05) is 30.4 Å². The molecule has 0 aliphatic carbocycles. The van der Waals surface area contributed by atoms with Crippen LogP contribution in [0.25, 0.3) is 0 Å². The molecule has 216 valence electrons. The Morgan fingerprint density at radius 3 is 2.34 bits per heavy atom. The zero-order valence-corrected chi connectivity index (χ0v) is 23.5. The molecule has 2 amide bonds. The Morgan fingerprint density at radius 1 is 0.902 bits per heavy atom. The normalized spacial score (nSPS) is 20.5. The summed E-state index contributed by atoms with van der Waals surface area (Å²) in [7, 11) is 0. The summed E-state index contributed by atoms with van der Waals surface area (Å²) in [5, 5.41) is 9.65. The van der Waals surface area contributed by atoms with Gasteiger partial charge >= 0.3 is 6.18 Å². The van der Waals surface area contributed by atoms with Crippen molar-refractivity contribution in [1.29, 1.82) is 0 Å². The highest BCUT2D eigenvalue weighted by molar-refractivity contribution is 6.42. The van der Waals surface area contributed by atoms with Crippen molar-refractivity contribution in [2.24, 2.45) is 0 Å². The summed E-state index contributed by atoms with van der Waals surface area (Å²) in [4.78, 5) is 28.1. The number of fused-ring (bicyclic) bond motifs is 2. The van der Waals surface area contributed by atoms with Gasteiger partial charge in [-0.15, -0.1) is 0 Å². The van der Waals surface area contributed by atoms with E-state index in [0.717, 1.165) is 49.9 Å². The zero-order chi connectivity index (χ0) is 29.1. The van der Waals surface area contributed by atoms with Gasteiger partial charge in [-0.3, -0.25) is 14.5 Å². The molecule has 41 heavy (non-hydrogen) atoms. The second-order valence-corrected chi connectivity index (χ2v) is 11.3. The van der Waals surface area contributed by atoms with E-state index < -0.39 is 17.6 Å². The van der Waals surface area contributed by atoms with E-state index in [9.17, 15) is 22.8 Å². The number of hydrogen-bond donors (Lipinski definition) is 3. The molecule has 2 fully saturated rings. The van der Waals surface area contributed by atoms with E-state index in [2.05, 4.69) is 20.9 Å². The SMILES string of the molecule is O=C(CNC(=O)c1ccccc1Nc1cccc(C(F)(F)F)c1)N[C@H]1C[C@H]2CC[C@@H](C1)N2Cc1ccc(Cl)c(Cl)c1. The number of carbonyl (C=O) groups excluding carboxylic acids is 2. The number of para-hydroxylation sites is 1. The fourth-order valence-electron chi connectivity index (χ4n) is 5.75. The summed E-state index contributed by atoms with van der Waals surface area (Å²) in [5.41, 5.74) is 1.04. The minimum absolute atomic E-state index is 0.0109. The molecule has 0 spiro atoms. The fraction of sp³-hybridized carbons (Fsp3) is 0.333. The lowest BCUT2D eigenvalue weighted by Crippen LogP contribution is -2.51. The Hall–Kier alpha value is -3.27. The van der Waals surface area contributed by atoms with Crippen LogP contribution in [-0.2, 0) is 17.5 Å². The van der Waals surface area contributed by atoms with Gasteiger partial charge in [0.25, 0.3) is 5.91 Å². The van der Waals surface area contributed by atoms with Crippen LogP contribution in [0.3, 0.4) is 0 Å². The number of carbonyl (C=O) groups is 2. The number of amides is 2. The van der Waals surface area contributed by atoms with Crippen LogP contribution < -0.4 is 16.0 Å². The van der Waals surface area contributed by atoms with E-state index >= 15 is 0 Å². The Bertz CT molecular complexity index is 1420. The molecule has 0 unspecified atom stereocenters. The maximum atomic E-state index is 13.1. The first-order valence-corrected chi connectivity index (χ1v) is 14.1. The summed E-state index contributed by atoms with van der Waals surface area (Å²) in [6.45, 7) is 0.562. The van der Waals surface area contributed by atoms with Crippen molar-refractivity contribution in [1.82, 2.24) is 15.5 Å².